The Balaban J connectivity index is 4.32. The molecular weight excluding hydrogens is 949 g/mol. The monoisotopic (exact) mass is 1070 g/mol. The maximum absolute atomic E-state index is 12.9. The van der Waals surface area contributed by atoms with Gasteiger partial charge in [0.1, 0.15) is 13.2 Å². The zero-order chi connectivity index (χ0) is 55.7. The molecule has 6 nitrogen and oxygen atoms in total. The fourth-order valence-electron chi connectivity index (χ4n) is 9.47. The summed E-state index contributed by atoms with van der Waals surface area (Å²) in [7, 11) is 0. The summed E-state index contributed by atoms with van der Waals surface area (Å²) >= 11 is 0. The fourth-order valence-corrected chi connectivity index (χ4v) is 9.47. The van der Waals surface area contributed by atoms with E-state index >= 15 is 0 Å². The van der Waals surface area contributed by atoms with Gasteiger partial charge in [0.2, 0.25) is 0 Å². The van der Waals surface area contributed by atoms with Gasteiger partial charge >= 0.3 is 17.9 Å². The number of unbranched alkanes of at least 4 members (excludes halogenated alkanes) is 35. The van der Waals surface area contributed by atoms with Crippen molar-refractivity contribution in [1.29, 1.82) is 0 Å². The fraction of sp³-hybridized carbons (Fsp3) is 0.761. The highest BCUT2D eigenvalue weighted by molar-refractivity contribution is 5.71. The van der Waals surface area contributed by atoms with Crippen molar-refractivity contribution in [1.82, 2.24) is 0 Å². The van der Waals surface area contributed by atoms with E-state index in [1.54, 1.807) is 0 Å². The number of hydrogen-bond acceptors (Lipinski definition) is 6. The second kappa shape index (κ2) is 65.1. The molecule has 77 heavy (non-hydrogen) atoms. The van der Waals surface area contributed by atoms with Crippen molar-refractivity contribution in [2.75, 3.05) is 13.2 Å². The van der Waals surface area contributed by atoms with E-state index in [1.165, 1.54) is 180 Å². The Kier molecular flexibility index (Phi) is 62.2. The average Bonchev–Trinajstić information content (AvgIpc) is 3.43. The van der Waals surface area contributed by atoms with Gasteiger partial charge in [0.25, 0.3) is 0 Å². The van der Waals surface area contributed by atoms with Crippen LogP contribution in [0.3, 0.4) is 0 Å². The van der Waals surface area contributed by atoms with Crippen molar-refractivity contribution >= 4 is 17.9 Å². The zero-order valence-electron chi connectivity index (χ0n) is 51.0. The summed E-state index contributed by atoms with van der Waals surface area (Å²) in [5, 5.41) is 0. The number of allylic oxidation sites excluding steroid dienone is 14. The van der Waals surface area contributed by atoms with E-state index in [0.29, 0.717) is 19.3 Å². The number of hydrogen-bond donors (Lipinski definition) is 0. The van der Waals surface area contributed by atoms with Crippen LogP contribution in [0.2, 0.25) is 0 Å². The standard InChI is InChI=1S/C71H124O6/c1-4-7-10-13-16-19-22-25-28-31-32-33-34-35-36-37-38-41-43-46-49-52-55-58-61-64-70(73)76-67-68(77-71(74)65-62-59-56-53-50-47-44-40-30-27-24-21-18-15-12-9-6-3)66-75-69(72)63-60-57-54-51-48-45-42-39-29-26-23-20-17-14-11-8-5-2/h8-9,11-12,17-18,20-21,26-27,29-32,68H,4-7,10,13-16,19,22-25,28,33-67H2,1-3H3/b11-8-,12-9-,20-17-,21-18-,29-26-,30-27-,32-31-. The summed E-state index contributed by atoms with van der Waals surface area (Å²) in [6, 6.07) is 0. The van der Waals surface area contributed by atoms with Crippen molar-refractivity contribution in [2.45, 2.75) is 335 Å². The second-order valence-corrected chi connectivity index (χ2v) is 22.0. The normalized spacial score (nSPS) is 12.6. The van der Waals surface area contributed by atoms with Crippen LogP contribution in [-0.4, -0.2) is 37.2 Å². The van der Waals surface area contributed by atoms with E-state index in [9.17, 15) is 14.4 Å². The third kappa shape index (κ3) is 63.3. The van der Waals surface area contributed by atoms with Gasteiger partial charge in [-0.2, -0.15) is 0 Å². The molecule has 0 radical (unpaired) electrons. The smallest absolute Gasteiger partial charge is 0.306 e. The Bertz CT molecular complexity index is 1470. The summed E-state index contributed by atoms with van der Waals surface area (Å²) in [5.41, 5.74) is 0. The largest absolute Gasteiger partial charge is 0.462 e. The molecule has 0 saturated carbocycles. The number of esters is 3. The van der Waals surface area contributed by atoms with E-state index in [-0.39, 0.29) is 31.1 Å². The first-order valence-electron chi connectivity index (χ1n) is 33.1. The molecule has 0 amide bonds. The first-order valence-corrected chi connectivity index (χ1v) is 33.1. The summed E-state index contributed by atoms with van der Waals surface area (Å²) in [4.78, 5) is 38.4. The van der Waals surface area contributed by atoms with Crippen LogP contribution in [0.5, 0.6) is 0 Å². The molecule has 0 bridgehead atoms. The molecule has 444 valence electrons. The van der Waals surface area contributed by atoms with Gasteiger partial charge in [0, 0.05) is 19.3 Å². The Hall–Kier alpha value is -3.41. The lowest BCUT2D eigenvalue weighted by Crippen LogP contribution is -2.30. The molecule has 1 atom stereocenters. The predicted octanol–water partition coefficient (Wildman–Crippen LogP) is 22.7. The second-order valence-electron chi connectivity index (χ2n) is 22.0. The summed E-state index contributed by atoms with van der Waals surface area (Å²) < 4.78 is 16.9. The molecule has 0 N–H and O–H groups in total. The van der Waals surface area contributed by atoms with Crippen molar-refractivity contribution in [3.05, 3.63) is 85.1 Å². The topological polar surface area (TPSA) is 78.9 Å². The van der Waals surface area contributed by atoms with Gasteiger partial charge < -0.3 is 14.2 Å². The van der Waals surface area contributed by atoms with Gasteiger partial charge in [-0.15, -0.1) is 0 Å². The van der Waals surface area contributed by atoms with Gasteiger partial charge in [-0.1, -0.05) is 286 Å². The Morgan fingerprint density at radius 1 is 0.273 bits per heavy atom. The molecule has 0 rings (SSSR count). The van der Waals surface area contributed by atoms with Crippen molar-refractivity contribution in [3.63, 3.8) is 0 Å². The van der Waals surface area contributed by atoms with E-state index in [2.05, 4.69) is 106 Å². The Labute approximate surface area is 477 Å². The maximum Gasteiger partial charge on any atom is 0.306 e. The van der Waals surface area contributed by atoms with Gasteiger partial charge in [0.05, 0.1) is 0 Å². The predicted molar refractivity (Wildman–Crippen MR) is 334 cm³/mol. The summed E-state index contributed by atoms with van der Waals surface area (Å²) in [6.45, 7) is 6.44. The van der Waals surface area contributed by atoms with Crippen molar-refractivity contribution in [2.24, 2.45) is 0 Å². The molecule has 0 saturated heterocycles. The van der Waals surface area contributed by atoms with Gasteiger partial charge in [-0.3, -0.25) is 14.4 Å². The average molecular weight is 1070 g/mol. The van der Waals surface area contributed by atoms with Crippen LogP contribution in [0.25, 0.3) is 0 Å². The van der Waals surface area contributed by atoms with Gasteiger partial charge in [0.15, 0.2) is 6.10 Å². The molecule has 0 fully saturated rings. The van der Waals surface area contributed by atoms with Crippen LogP contribution in [0.4, 0.5) is 0 Å². The number of ether oxygens (including phenoxy) is 3. The molecule has 0 aliphatic rings. The summed E-state index contributed by atoms with van der Waals surface area (Å²) in [6.07, 6.45) is 86.0. The van der Waals surface area contributed by atoms with E-state index < -0.39 is 6.10 Å². The van der Waals surface area contributed by atoms with Crippen molar-refractivity contribution < 1.29 is 28.6 Å². The SMILES string of the molecule is CC/C=C\C/C=C\C/C=C\CCCCCCCCCC(=O)OCC(COC(=O)CCCCCCCCCCCCCCC/C=C\CCCCCCCCCC)OC(=O)CCCCCCCCC/C=C\C/C=C\C/C=C\CC. The molecule has 0 aliphatic heterocycles. The lowest BCUT2D eigenvalue weighted by atomic mass is 10.0. The minimum atomic E-state index is -0.788. The van der Waals surface area contributed by atoms with Gasteiger partial charge in [-0.05, 0) is 109 Å². The van der Waals surface area contributed by atoms with Crippen LogP contribution >= 0.6 is 0 Å². The molecule has 1 unspecified atom stereocenters. The third-order valence-corrected chi connectivity index (χ3v) is 14.4. The van der Waals surface area contributed by atoms with Crippen LogP contribution in [0.1, 0.15) is 329 Å². The van der Waals surface area contributed by atoms with Crippen LogP contribution < -0.4 is 0 Å². The molecular formula is C71H124O6. The van der Waals surface area contributed by atoms with Crippen LogP contribution in [0, 0.1) is 0 Å². The quantitative estimate of drug-likeness (QED) is 0.0261. The highest BCUT2D eigenvalue weighted by Crippen LogP contribution is 2.17. The highest BCUT2D eigenvalue weighted by atomic mass is 16.6. The number of carbonyl (C=O) groups is 3. The molecule has 0 aromatic heterocycles. The van der Waals surface area contributed by atoms with Crippen LogP contribution in [-0.2, 0) is 28.6 Å². The molecule has 6 heteroatoms. The van der Waals surface area contributed by atoms with E-state index in [4.69, 9.17) is 14.2 Å². The highest BCUT2D eigenvalue weighted by Gasteiger charge is 2.19. The minimum absolute atomic E-state index is 0.0824. The Morgan fingerprint density at radius 2 is 0.506 bits per heavy atom. The lowest BCUT2D eigenvalue weighted by molar-refractivity contribution is -0.167. The molecule has 0 aromatic carbocycles. The Morgan fingerprint density at radius 3 is 0.805 bits per heavy atom. The zero-order valence-corrected chi connectivity index (χ0v) is 51.0. The van der Waals surface area contributed by atoms with E-state index in [0.717, 1.165) is 109 Å². The number of carbonyl (C=O) groups excluding carboxylic acids is 3. The molecule has 0 aromatic rings. The lowest BCUT2D eigenvalue weighted by Gasteiger charge is -2.18. The number of rotatable bonds is 60. The molecule has 0 aliphatic carbocycles. The van der Waals surface area contributed by atoms with Crippen molar-refractivity contribution in [3.8, 4) is 0 Å². The van der Waals surface area contributed by atoms with Crippen LogP contribution in [0.15, 0.2) is 85.1 Å². The third-order valence-electron chi connectivity index (χ3n) is 14.4. The van der Waals surface area contributed by atoms with Gasteiger partial charge in [-0.25, -0.2) is 0 Å². The summed E-state index contributed by atoms with van der Waals surface area (Å²) in [5.74, 6) is -0.889. The molecule has 0 spiro atoms. The maximum atomic E-state index is 12.9. The first kappa shape index (κ1) is 73.6. The molecule has 0 heterocycles. The minimum Gasteiger partial charge on any atom is -0.462 e. The van der Waals surface area contributed by atoms with E-state index in [1.807, 2.05) is 0 Å². The first-order chi connectivity index (χ1) is 38.0.